The molecule has 19 heavy (non-hydrogen) atoms. The molecule has 0 N–H and O–H groups in total. The zero-order valence-electron chi connectivity index (χ0n) is 10.7. The molecule has 1 aliphatic carbocycles. The summed E-state index contributed by atoms with van der Waals surface area (Å²) in [5.41, 5.74) is 2.22. The molecular formula is C16H15NO2. The molecule has 1 aliphatic heterocycles. The number of ether oxygens (including phenoxy) is 1. The highest BCUT2D eigenvalue weighted by molar-refractivity contribution is 5.81. The molecule has 3 nitrogen and oxygen atoms in total. The van der Waals surface area contributed by atoms with Crippen LogP contribution in [0.1, 0.15) is 24.0 Å². The molecule has 2 atom stereocenters. The molecular weight excluding hydrogens is 238 g/mol. The average molecular weight is 253 g/mol. The van der Waals surface area contributed by atoms with Crippen LogP contribution in [0.4, 0.5) is 0 Å². The zero-order valence-corrected chi connectivity index (χ0v) is 10.7. The average Bonchev–Trinajstić information content (AvgIpc) is 2.86. The van der Waals surface area contributed by atoms with E-state index in [1.807, 2.05) is 18.2 Å². The lowest BCUT2D eigenvalue weighted by Gasteiger charge is -2.24. The Balaban J connectivity index is 1.99. The van der Waals surface area contributed by atoms with Gasteiger partial charge in [0.25, 0.3) is 0 Å². The van der Waals surface area contributed by atoms with Crippen molar-refractivity contribution in [2.45, 2.75) is 19.3 Å². The van der Waals surface area contributed by atoms with Crippen LogP contribution in [0.25, 0.3) is 0 Å². The van der Waals surface area contributed by atoms with E-state index in [9.17, 15) is 4.79 Å². The smallest absolute Gasteiger partial charge is 0.313 e. The van der Waals surface area contributed by atoms with Crippen molar-refractivity contribution < 1.29 is 9.53 Å². The number of nitriles is 1. The molecule has 2 fully saturated rings. The molecule has 0 aromatic heterocycles. The Morgan fingerprint density at radius 2 is 2.26 bits per heavy atom. The summed E-state index contributed by atoms with van der Waals surface area (Å²) >= 11 is 0. The van der Waals surface area contributed by atoms with Crippen LogP contribution in [0.5, 0.6) is 0 Å². The van der Waals surface area contributed by atoms with Gasteiger partial charge in [-0.05, 0) is 30.9 Å². The Kier molecular flexibility index (Phi) is 2.67. The van der Waals surface area contributed by atoms with Gasteiger partial charge in [-0.15, -0.1) is 0 Å². The quantitative estimate of drug-likeness (QED) is 0.601. The van der Waals surface area contributed by atoms with Crippen LogP contribution in [0.15, 0.2) is 36.4 Å². The number of hydrogen-bond acceptors (Lipinski definition) is 3. The van der Waals surface area contributed by atoms with Gasteiger partial charge in [0, 0.05) is 5.92 Å². The second-order valence-corrected chi connectivity index (χ2v) is 5.53. The molecule has 0 radical (unpaired) electrons. The van der Waals surface area contributed by atoms with E-state index < -0.39 is 5.41 Å². The van der Waals surface area contributed by atoms with Crippen LogP contribution in [-0.2, 0) is 16.0 Å². The molecule has 0 bridgehead atoms. The van der Waals surface area contributed by atoms with E-state index in [4.69, 9.17) is 10.00 Å². The Morgan fingerprint density at radius 3 is 3.05 bits per heavy atom. The highest BCUT2D eigenvalue weighted by Crippen LogP contribution is 2.52. The Hall–Kier alpha value is -2.08. The van der Waals surface area contributed by atoms with Crippen molar-refractivity contribution in [3.63, 3.8) is 0 Å². The van der Waals surface area contributed by atoms with Crippen molar-refractivity contribution in [1.29, 1.82) is 5.26 Å². The van der Waals surface area contributed by atoms with Crippen molar-refractivity contribution in [1.82, 2.24) is 0 Å². The van der Waals surface area contributed by atoms with Crippen molar-refractivity contribution in [3.8, 4) is 6.07 Å². The normalized spacial score (nSPS) is 28.9. The van der Waals surface area contributed by atoms with Gasteiger partial charge in [0.2, 0.25) is 0 Å². The number of benzene rings is 1. The number of carbonyl (C=O) groups excluding carboxylic acids is 1. The van der Waals surface area contributed by atoms with Gasteiger partial charge in [0.15, 0.2) is 0 Å². The molecule has 2 aliphatic rings. The van der Waals surface area contributed by atoms with Gasteiger partial charge in [-0.3, -0.25) is 4.79 Å². The molecule has 0 amide bonds. The Bertz CT molecular complexity index is 599. The lowest BCUT2D eigenvalue weighted by molar-refractivity contribution is -0.146. The number of hydrogen-bond donors (Lipinski definition) is 0. The van der Waals surface area contributed by atoms with E-state index in [-0.39, 0.29) is 11.9 Å². The molecule has 1 aromatic carbocycles. The molecule has 1 aromatic rings. The summed E-state index contributed by atoms with van der Waals surface area (Å²) < 4.78 is 5.25. The van der Waals surface area contributed by atoms with Gasteiger partial charge in [0.05, 0.1) is 23.7 Å². The molecule has 3 heteroatoms. The predicted molar refractivity (Wildman–Crippen MR) is 70.1 cm³/mol. The van der Waals surface area contributed by atoms with Gasteiger partial charge < -0.3 is 4.74 Å². The van der Waals surface area contributed by atoms with Gasteiger partial charge in [-0.1, -0.05) is 30.4 Å². The lowest BCUT2D eigenvalue weighted by atomic mass is 9.74. The maximum atomic E-state index is 12.2. The van der Waals surface area contributed by atoms with Crippen LogP contribution in [0.3, 0.4) is 0 Å². The minimum absolute atomic E-state index is 0.121. The SMILES string of the molecule is C=C1CC2COC(=O)C2(Cc2ccccc2C#N)C1. The highest BCUT2D eigenvalue weighted by atomic mass is 16.5. The van der Waals surface area contributed by atoms with Crippen LogP contribution in [0.2, 0.25) is 0 Å². The number of nitrogens with zero attached hydrogens (tertiary/aromatic N) is 1. The third-order valence-electron chi connectivity index (χ3n) is 4.35. The van der Waals surface area contributed by atoms with E-state index in [2.05, 4.69) is 12.6 Å². The van der Waals surface area contributed by atoms with Crippen LogP contribution in [0, 0.1) is 22.7 Å². The summed E-state index contributed by atoms with van der Waals surface area (Å²) in [6.07, 6.45) is 2.13. The van der Waals surface area contributed by atoms with Gasteiger partial charge in [0.1, 0.15) is 0 Å². The maximum Gasteiger partial charge on any atom is 0.313 e. The molecule has 2 unspecified atom stereocenters. The summed E-state index contributed by atoms with van der Waals surface area (Å²) in [6.45, 7) is 4.52. The second-order valence-electron chi connectivity index (χ2n) is 5.53. The fourth-order valence-corrected chi connectivity index (χ4v) is 3.39. The van der Waals surface area contributed by atoms with E-state index in [1.54, 1.807) is 6.07 Å². The Labute approximate surface area is 112 Å². The monoisotopic (exact) mass is 253 g/mol. The number of allylic oxidation sites excluding steroid dienone is 1. The summed E-state index contributed by atoms with van der Waals surface area (Å²) in [7, 11) is 0. The molecule has 96 valence electrons. The van der Waals surface area contributed by atoms with Crippen molar-refractivity contribution in [3.05, 3.63) is 47.5 Å². The molecule has 0 spiro atoms. The summed E-state index contributed by atoms with van der Waals surface area (Å²) in [4.78, 5) is 12.2. The first-order valence-corrected chi connectivity index (χ1v) is 6.47. The maximum absolute atomic E-state index is 12.2. The molecule has 1 heterocycles. The zero-order chi connectivity index (χ0) is 13.5. The first-order chi connectivity index (χ1) is 9.15. The van der Waals surface area contributed by atoms with E-state index in [1.165, 1.54) is 0 Å². The fraction of sp³-hybridized carbons (Fsp3) is 0.375. The molecule has 3 rings (SSSR count). The van der Waals surface area contributed by atoms with Crippen molar-refractivity contribution in [2.75, 3.05) is 6.61 Å². The highest BCUT2D eigenvalue weighted by Gasteiger charge is 2.56. The second kappa shape index (κ2) is 4.24. The van der Waals surface area contributed by atoms with Crippen molar-refractivity contribution >= 4 is 5.97 Å². The first-order valence-electron chi connectivity index (χ1n) is 6.47. The summed E-state index contributed by atoms with van der Waals surface area (Å²) in [5, 5.41) is 9.16. The number of carbonyl (C=O) groups is 1. The minimum atomic E-state index is -0.482. The van der Waals surface area contributed by atoms with Gasteiger partial charge >= 0.3 is 5.97 Å². The number of cyclic esters (lactones) is 1. The fourth-order valence-electron chi connectivity index (χ4n) is 3.39. The Morgan fingerprint density at radius 1 is 1.47 bits per heavy atom. The minimum Gasteiger partial charge on any atom is -0.465 e. The number of esters is 1. The number of fused-ring (bicyclic) bond motifs is 1. The van der Waals surface area contributed by atoms with Crippen LogP contribution in [-0.4, -0.2) is 12.6 Å². The first kappa shape index (κ1) is 12.0. The summed E-state index contributed by atoms with van der Waals surface area (Å²) in [5.74, 6) is 0.100. The van der Waals surface area contributed by atoms with Gasteiger partial charge in [-0.25, -0.2) is 0 Å². The standard InChI is InChI=1S/C16H15NO2/c1-11-6-14-10-19-15(18)16(14,7-11)8-12-4-2-3-5-13(12)9-17/h2-5,14H,1,6-8,10H2. The third kappa shape index (κ3) is 1.76. The molecule has 1 saturated carbocycles. The summed E-state index contributed by atoms with van der Waals surface area (Å²) in [6, 6.07) is 9.68. The largest absolute Gasteiger partial charge is 0.465 e. The molecule has 1 saturated heterocycles. The number of rotatable bonds is 2. The van der Waals surface area contributed by atoms with E-state index >= 15 is 0 Å². The van der Waals surface area contributed by atoms with Gasteiger partial charge in [-0.2, -0.15) is 5.26 Å². The third-order valence-corrected chi connectivity index (χ3v) is 4.35. The topological polar surface area (TPSA) is 50.1 Å². The van der Waals surface area contributed by atoms with Crippen LogP contribution >= 0.6 is 0 Å². The van der Waals surface area contributed by atoms with E-state index in [0.717, 1.165) is 17.6 Å². The van der Waals surface area contributed by atoms with Crippen LogP contribution < -0.4 is 0 Å². The predicted octanol–water partition coefficient (Wildman–Crippen LogP) is 2.61. The van der Waals surface area contributed by atoms with Crippen molar-refractivity contribution in [2.24, 2.45) is 11.3 Å². The lowest BCUT2D eigenvalue weighted by Crippen LogP contribution is -2.31. The van der Waals surface area contributed by atoms with E-state index in [0.29, 0.717) is 25.0 Å².